The van der Waals surface area contributed by atoms with Gasteiger partial charge in [-0.15, -0.1) is 0 Å². The number of nitrogens with zero attached hydrogens (tertiary/aromatic N) is 4. The van der Waals surface area contributed by atoms with Gasteiger partial charge < -0.3 is 25.6 Å². The van der Waals surface area contributed by atoms with Gasteiger partial charge in [-0.05, 0) is 0 Å². The molecule has 0 saturated carbocycles. The monoisotopic (exact) mass is 1230 g/mol. The summed E-state index contributed by atoms with van der Waals surface area (Å²) in [6.07, 6.45) is 4.28. The summed E-state index contributed by atoms with van der Waals surface area (Å²) >= 11 is 0. The molecule has 0 fully saturated rings. The Morgan fingerprint density at radius 1 is 0.857 bits per heavy atom. The third kappa shape index (κ3) is 17.1. The van der Waals surface area contributed by atoms with E-state index in [0.29, 0.717) is 0 Å². The van der Waals surface area contributed by atoms with Gasteiger partial charge in [-0.1, -0.05) is 0 Å². The van der Waals surface area contributed by atoms with Gasteiger partial charge in [0, 0.05) is 123 Å². The molecule has 0 amide bonds. The zero-order chi connectivity index (χ0) is 5.82. The van der Waals surface area contributed by atoms with Gasteiger partial charge in [-0.3, -0.25) is 12.7 Å². The molecule has 11 heteroatoms. The van der Waals surface area contributed by atoms with E-state index in [1.807, 2.05) is 0 Å². The van der Waals surface area contributed by atoms with Gasteiger partial charge in [0.05, 0.1) is 0 Å². The van der Waals surface area contributed by atoms with Gasteiger partial charge in [0.1, 0.15) is 0 Å². The van der Waals surface area contributed by atoms with Crippen LogP contribution in [0.3, 0.4) is 0 Å². The Bertz CT molecular complexity index is 166. The first-order valence-electron chi connectivity index (χ1n) is 1.77. The molecule has 0 aliphatic carbocycles. The average Bonchev–Trinajstić information content (AvgIpc) is 1.90. The van der Waals surface area contributed by atoms with E-state index in [1.54, 1.807) is 0 Å². The van der Waals surface area contributed by atoms with Crippen molar-refractivity contribution in [3.05, 3.63) is 18.1 Å². The van der Waals surface area contributed by atoms with Crippen molar-refractivity contribution in [3.8, 4) is 0 Å². The minimum absolute atomic E-state index is 0. The molecular weight excluding hydrogens is 1230 g/mol. The predicted molar refractivity (Wildman–Crippen MR) is 22.3 cm³/mol. The van der Waals surface area contributed by atoms with Crippen LogP contribution in [0.4, 0.5) is 5.95 Å². The molecule has 14 heavy (non-hydrogen) atoms. The molecule has 84 valence electrons. The zero-order valence-electron chi connectivity index (χ0n) is 6.00. The second-order valence-corrected chi connectivity index (χ2v) is 0.935. The summed E-state index contributed by atoms with van der Waals surface area (Å²) in [6.45, 7) is 0. The first-order chi connectivity index (χ1) is 3.93. The molecule has 1 N–H and O–H groups in total. The van der Waals surface area contributed by atoms with E-state index in [4.69, 9.17) is 5.21 Å². The van der Waals surface area contributed by atoms with Crippen molar-refractivity contribution in [3.63, 3.8) is 0 Å². The van der Waals surface area contributed by atoms with Crippen molar-refractivity contribution < 1.29 is 128 Å². The van der Waals surface area contributed by atoms with E-state index in [0.717, 1.165) is 0 Å². The second-order valence-electron chi connectivity index (χ2n) is 0.935. The van der Waals surface area contributed by atoms with Gasteiger partial charge >= 0.3 is 0 Å². The molecule has 1 aromatic rings. The molecule has 0 bridgehead atoms. The second kappa shape index (κ2) is 24.8. The first kappa shape index (κ1) is 36.0. The van der Waals surface area contributed by atoms with E-state index >= 15 is 0 Å². The van der Waals surface area contributed by atoms with Crippen molar-refractivity contribution in [2.45, 2.75) is 0 Å². The van der Waals surface area contributed by atoms with Gasteiger partial charge in [0.15, 0.2) is 0 Å². The Morgan fingerprint density at radius 3 is 1.43 bits per heavy atom. The Labute approximate surface area is 164 Å². The largest absolute Gasteiger partial charge is 0.617 e. The Morgan fingerprint density at radius 2 is 1.21 bits per heavy atom. The summed E-state index contributed by atoms with van der Waals surface area (Å²) in [5.74, 6) is -0.0833. The fourth-order valence-corrected chi connectivity index (χ4v) is 0.232. The number of hydrogen-bond acceptors (Lipinski definition) is 4. The molecule has 6 radical (unpaired) electrons. The summed E-state index contributed by atoms with van der Waals surface area (Å²) in [7, 11) is 0. The van der Waals surface area contributed by atoms with Crippen molar-refractivity contribution >= 4 is 5.95 Å². The third-order valence-electron chi connectivity index (χ3n) is 0.489. The number of hydrogen-bond donors (Lipinski definition) is 1. The minimum atomic E-state index is -0.0833. The van der Waals surface area contributed by atoms with E-state index in [1.165, 1.54) is 0 Å². The predicted octanol–water partition coefficient (Wildman–Crippen LogP) is -0.149. The fourth-order valence-electron chi connectivity index (χ4n) is 0.232. The van der Waals surface area contributed by atoms with Crippen molar-refractivity contribution in [2.75, 3.05) is 0 Å². The van der Waals surface area contributed by atoms with Crippen LogP contribution in [-0.4, -0.2) is 20.2 Å². The van der Waals surface area contributed by atoms with Crippen LogP contribution >= 0.6 is 0 Å². The molecule has 5 nitrogen and oxygen atoms in total. The first-order valence-corrected chi connectivity index (χ1v) is 1.77. The smallest absolute Gasteiger partial charge is 0 e. The van der Waals surface area contributed by atoms with Gasteiger partial charge in [-0.2, -0.15) is 5.95 Å². The normalized spacial score (nSPS) is 4.93. The van der Waals surface area contributed by atoms with Crippen LogP contribution in [0.1, 0.15) is 0 Å². The van der Waals surface area contributed by atoms with E-state index in [9.17, 15) is 0 Å². The van der Waals surface area contributed by atoms with Gasteiger partial charge in [0.25, 0.3) is 0 Å². The summed E-state index contributed by atoms with van der Waals surface area (Å²) in [5, 5.41) is 7.97. The standard InChI is InChI=1S/C3HN4O.6Re/c8-7-3-5-1-4-2-6-3;;;;;;/h(H-,4,5,6,7,8);;;;;;/q-3;;;;;;. The molecule has 0 aromatic carbocycles. The summed E-state index contributed by atoms with van der Waals surface area (Å²) in [5.41, 5.74) is 2.65. The maximum atomic E-state index is 7.97. The fraction of sp³-hybridized carbons (Fsp3) is 0. The topological polar surface area (TPSA) is 73.0 Å². The quantitative estimate of drug-likeness (QED) is 0.315. The van der Waals surface area contributed by atoms with Crippen LogP contribution in [0.2, 0.25) is 0 Å². The van der Waals surface area contributed by atoms with Crippen LogP contribution in [0, 0.1) is 12.7 Å². The molecule has 0 unspecified atom stereocenters. The van der Waals surface area contributed by atoms with E-state index in [2.05, 4.69) is 33.1 Å². The van der Waals surface area contributed by atoms with Crippen LogP contribution in [-0.2, 0) is 123 Å². The van der Waals surface area contributed by atoms with Crippen molar-refractivity contribution in [1.82, 2.24) is 15.0 Å². The van der Waals surface area contributed by atoms with Crippen LogP contribution < -0.4 is 0 Å². The molecular formula is C3HN4ORe6-3. The molecule has 0 spiro atoms. The SMILES string of the molecule is O[N-]c1n[c-]n[c-]n1.[Re].[Re].[Re].[Re].[Re].[Re]. The Kier molecular flexibility index (Phi) is 63.7. The van der Waals surface area contributed by atoms with Gasteiger partial charge in [-0.25, -0.2) is 0 Å². The number of rotatable bonds is 1. The third-order valence-corrected chi connectivity index (χ3v) is 0.489. The van der Waals surface area contributed by atoms with Gasteiger partial charge in [0.2, 0.25) is 0 Å². The summed E-state index contributed by atoms with van der Waals surface area (Å²) in [6, 6.07) is 0. The van der Waals surface area contributed by atoms with Crippen LogP contribution in [0.5, 0.6) is 0 Å². The van der Waals surface area contributed by atoms with Crippen molar-refractivity contribution in [1.29, 1.82) is 0 Å². The molecule has 1 rings (SSSR count). The maximum absolute atomic E-state index is 7.97. The molecule has 1 aromatic heterocycles. The molecule has 0 saturated heterocycles. The zero-order valence-corrected chi connectivity index (χ0v) is 22.3. The number of aromatic nitrogens is 3. The maximum Gasteiger partial charge on any atom is 0 e. The summed E-state index contributed by atoms with van der Waals surface area (Å²) < 4.78 is 0. The van der Waals surface area contributed by atoms with Crippen LogP contribution in [0.15, 0.2) is 0 Å². The van der Waals surface area contributed by atoms with E-state index < -0.39 is 0 Å². The molecule has 1 heterocycles. The average molecular weight is 1230 g/mol. The van der Waals surface area contributed by atoms with Crippen molar-refractivity contribution in [2.24, 2.45) is 0 Å². The Hall–Kier alpha value is 2.74. The Balaban J connectivity index is -0.0000000267. The molecule has 0 atom stereocenters. The molecule has 0 aliphatic heterocycles. The summed E-state index contributed by atoms with van der Waals surface area (Å²) in [4.78, 5) is 9.85. The van der Waals surface area contributed by atoms with E-state index in [-0.39, 0.29) is 128 Å². The minimum Gasteiger partial charge on any atom is -0.617 e. The molecule has 0 aliphatic rings. The van der Waals surface area contributed by atoms with Crippen LogP contribution in [0.25, 0.3) is 5.48 Å².